The Bertz CT molecular complexity index is 48.1. The molecule has 7 heavy (non-hydrogen) atoms. The van der Waals surface area contributed by atoms with Gasteiger partial charge >= 0.3 is 0 Å². The first-order valence-electron chi connectivity index (χ1n) is 2.28. The zero-order valence-corrected chi connectivity index (χ0v) is 7.08. The molecular weight excluding hydrogens is 126 g/mol. The normalized spacial score (nSPS) is 12.0. The van der Waals surface area contributed by atoms with Gasteiger partial charge in [0.2, 0.25) is 0 Å². The Kier molecular flexibility index (Phi) is 3.32. The van der Waals surface area contributed by atoms with Crippen molar-refractivity contribution < 1.29 is 4.74 Å². The molecule has 2 atom stereocenters. The van der Waals surface area contributed by atoms with Crippen LogP contribution in [0.3, 0.4) is 0 Å². The summed E-state index contributed by atoms with van der Waals surface area (Å²) in [6.45, 7) is 4.72. The summed E-state index contributed by atoms with van der Waals surface area (Å²) in [6, 6.07) is 0. The first kappa shape index (κ1) is 7.82. The van der Waals surface area contributed by atoms with Gasteiger partial charge in [-0.2, -0.15) is 0 Å². The van der Waals surface area contributed by atoms with Gasteiger partial charge in [-0.25, -0.2) is 0 Å². The fourth-order valence-corrected chi connectivity index (χ4v) is 0.644. The van der Waals surface area contributed by atoms with E-state index in [0.29, 0.717) is 0 Å². The lowest BCUT2D eigenvalue weighted by atomic mass is 10.8. The van der Waals surface area contributed by atoms with Crippen LogP contribution >= 0.6 is 18.5 Å². The summed E-state index contributed by atoms with van der Waals surface area (Å²) in [4.78, 5) is 0. The van der Waals surface area contributed by atoms with Crippen molar-refractivity contribution in [3.8, 4) is 0 Å². The van der Waals surface area contributed by atoms with Crippen LogP contribution in [-0.2, 0) is 4.74 Å². The summed E-state index contributed by atoms with van der Waals surface area (Å²) >= 11 is 0. The van der Waals surface area contributed by atoms with Gasteiger partial charge in [-0.15, -0.1) is 0 Å². The molecular formula is C4H12OP2. The van der Waals surface area contributed by atoms with Crippen LogP contribution < -0.4 is 0 Å². The standard InChI is InChI=1S/C4H12OP2/c1-3-5-4(2,6)7/h3,6-7H2,1-2H3. The Hall–Kier alpha value is 0.820. The summed E-state index contributed by atoms with van der Waals surface area (Å²) in [5, 5.41) is -0.116. The molecule has 0 heterocycles. The van der Waals surface area contributed by atoms with Crippen molar-refractivity contribution in [3.05, 3.63) is 0 Å². The third kappa shape index (κ3) is 6.82. The van der Waals surface area contributed by atoms with Crippen LogP contribution in [0.5, 0.6) is 0 Å². The molecule has 44 valence electrons. The second-order valence-electron chi connectivity index (χ2n) is 1.62. The van der Waals surface area contributed by atoms with E-state index in [1.54, 1.807) is 0 Å². The van der Waals surface area contributed by atoms with E-state index in [1.807, 2.05) is 13.8 Å². The maximum atomic E-state index is 5.16. The molecule has 1 nitrogen and oxygen atoms in total. The van der Waals surface area contributed by atoms with Gasteiger partial charge in [0.15, 0.2) is 0 Å². The lowest BCUT2D eigenvalue weighted by molar-refractivity contribution is 0.112. The van der Waals surface area contributed by atoms with Crippen LogP contribution in [0, 0.1) is 0 Å². The van der Waals surface area contributed by atoms with Crippen molar-refractivity contribution in [1.82, 2.24) is 0 Å². The minimum Gasteiger partial charge on any atom is -0.368 e. The van der Waals surface area contributed by atoms with Gasteiger partial charge in [0.05, 0.1) is 5.08 Å². The zero-order valence-electron chi connectivity index (χ0n) is 4.77. The predicted octanol–water partition coefficient (Wildman–Crippen LogP) is 1.45. The highest BCUT2D eigenvalue weighted by Gasteiger charge is 2.06. The molecule has 3 heteroatoms. The van der Waals surface area contributed by atoms with Crippen LogP contribution in [0.1, 0.15) is 13.8 Å². The van der Waals surface area contributed by atoms with Gasteiger partial charge in [-0.05, 0) is 13.8 Å². The van der Waals surface area contributed by atoms with Gasteiger partial charge in [0.25, 0.3) is 0 Å². The van der Waals surface area contributed by atoms with Crippen molar-refractivity contribution in [2.24, 2.45) is 0 Å². The first-order chi connectivity index (χ1) is 3.06. The van der Waals surface area contributed by atoms with Crippen LogP contribution in [-0.4, -0.2) is 11.7 Å². The Morgan fingerprint density at radius 2 is 2.00 bits per heavy atom. The van der Waals surface area contributed by atoms with Crippen molar-refractivity contribution >= 4 is 18.5 Å². The summed E-state index contributed by atoms with van der Waals surface area (Å²) < 4.78 is 5.16. The SMILES string of the molecule is CCOC(C)(P)P. The number of ether oxygens (including phenoxy) is 1. The van der Waals surface area contributed by atoms with E-state index in [0.717, 1.165) is 6.61 Å². The fourth-order valence-electron chi connectivity index (χ4n) is 0.311. The van der Waals surface area contributed by atoms with E-state index < -0.39 is 0 Å². The molecule has 0 amide bonds. The number of hydrogen-bond donors (Lipinski definition) is 0. The topological polar surface area (TPSA) is 9.23 Å². The van der Waals surface area contributed by atoms with E-state index in [1.165, 1.54) is 0 Å². The molecule has 0 N–H and O–H groups in total. The summed E-state index contributed by atoms with van der Waals surface area (Å²) in [5.74, 6) is 0. The Morgan fingerprint density at radius 3 is 2.00 bits per heavy atom. The molecule has 2 unspecified atom stereocenters. The quantitative estimate of drug-likeness (QED) is 0.524. The molecule has 0 rings (SSSR count). The van der Waals surface area contributed by atoms with Crippen molar-refractivity contribution in [1.29, 1.82) is 0 Å². The molecule has 0 aliphatic rings. The Labute approximate surface area is 49.6 Å². The molecule has 0 radical (unpaired) electrons. The van der Waals surface area contributed by atoms with Crippen molar-refractivity contribution in [2.45, 2.75) is 18.9 Å². The van der Waals surface area contributed by atoms with Gasteiger partial charge in [0.1, 0.15) is 0 Å². The maximum Gasteiger partial charge on any atom is 0.0911 e. The average molecular weight is 138 g/mol. The minimum atomic E-state index is -0.116. The molecule has 0 saturated carbocycles. The highest BCUT2D eigenvalue weighted by atomic mass is 31.1. The first-order valence-corrected chi connectivity index (χ1v) is 3.43. The summed E-state index contributed by atoms with van der Waals surface area (Å²) in [6.07, 6.45) is 0. The third-order valence-electron chi connectivity index (χ3n) is 0.455. The molecule has 0 bridgehead atoms. The van der Waals surface area contributed by atoms with Crippen LogP contribution in [0.4, 0.5) is 0 Å². The molecule has 0 spiro atoms. The third-order valence-corrected chi connectivity index (χ3v) is 0.789. The van der Waals surface area contributed by atoms with Gasteiger partial charge in [-0.1, -0.05) is 18.5 Å². The van der Waals surface area contributed by atoms with E-state index in [2.05, 4.69) is 18.5 Å². The largest absolute Gasteiger partial charge is 0.368 e. The Morgan fingerprint density at radius 1 is 1.57 bits per heavy atom. The van der Waals surface area contributed by atoms with Crippen LogP contribution in [0.2, 0.25) is 0 Å². The van der Waals surface area contributed by atoms with Gasteiger partial charge < -0.3 is 4.74 Å². The number of rotatable bonds is 2. The highest BCUT2D eigenvalue weighted by molar-refractivity contribution is 7.39. The maximum absolute atomic E-state index is 5.16. The lowest BCUT2D eigenvalue weighted by Crippen LogP contribution is -2.09. The van der Waals surface area contributed by atoms with Crippen LogP contribution in [0.25, 0.3) is 0 Å². The van der Waals surface area contributed by atoms with E-state index in [-0.39, 0.29) is 5.08 Å². The predicted molar refractivity (Wildman–Crippen MR) is 39.5 cm³/mol. The lowest BCUT2D eigenvalue weighted by Gasteiger charge is -2.16. The molecule has 0 aromatic rings. The molecule has 0 fully saturated rings. The average Bonchev–Trinajstić information content (AvgIpc) is 1.30. The second kappa shape index (κ2) is 2.97. The number of hydrogen-bond acceptors (Lipinski definition) is 1. The molecule has 0 aromatic carbocycles. The Balaban J connectivity index is 3.15. The van der Waals surface area contributed by atoms with Gasteiger partial charge in [-0.3, -0.25) is 0 Å². The molecule has 0 aliphatic carbocycles. The smallest absolute Gasteiger partial charge is 0.0911 e. The highest BCUT2D eigenvalue weighted by Crippen LogP contribution is 2.26. The molecule has 0 aliphatic heterocycles. The van der Waals surface area contributed by atoms with Crippen molar-refractivity contribution in [3.63, 3.8) is 0 Å². The van der Waals surface area contributed by atoms with E-state index in [9.17, 15) is 0 Å². The molecule has 0 aromatic heterocycles. The fraction of sp³-hybridized carbons (Fsp3) is 1.00. The molecule has 0 saturated heterocycles. The monoisotopic (exact) mass is 138 g/mol. The van der Waals surface area contributed by atoms with Gasteiger partial charge in [0, 0.05) is 6.61 Å². The van der Waals surface area contributed by atoms with E-state index in [4.69, 9.17) is 4.74 Å². The summed E-state index contributed by atoms with van der Waals surface area (Å²) in [7, 11) is 5.15. The summed E-state index contributed by atoms with van der Waals surface area (Å²) in [5.41, 5.74) is 0. The minimum absolute atomic E-state index is 0.116. The second-order valence-corrected chi connectivity index (χ2v) is 4.58. The van der Waals surface area contributed by atoms with E-state index >= 15 is 0 Å². The zero-order chi connectivity index (χ0) is 5.91. The van der Waals surface area contributed by atoms with Crippen molar-refractivity contribution in [2.75, 3.05) is 6.61 Å². The van der Waals surface area contributed by atoms with Crippen LogP contribution in [0.15, 0.2) is 0 Å².